The van der Waals surface area contributed by atoms with Crippen molar-refractivity contribution >= 4 is 11.9 Å². The second-order valence-corrected chi connectivity index (χ2v) is 6.73. The SMILES string of the molecule is COc1ccccc1CCNc1nccc(C(=O)N2CCC(C)CC2)n1. The average molecular weight is 354 g/mol. The molecule has 0 saturated carbocycles. The number of hydrogen-bond acceptors (Lipinski definition) is 5. The van der Waals surface area contributed by atoms with Crippen LogP contribution in [0.15, 0.2) is 36.5 Å². The maximum absolute atomic E-state index is 12.6. The van der Waals surface area contributed by atoms with Crippen LogP contribution in [0.4, 0.5) is 5.95 Å². The highest BCUT2D eigenvalue weighted by atomic mass is 16.5. The molecule has 2 aromatic rings. The quantitative estimate of drug-likeness (QED) is 0.864. The Morgan fingerprint density at radius 1 is 1.27 bits per heavy atom. The zero-order chi connectivity index (χ0) is 18.4. The summed E-state index contributed by atoms with van der Waals surface area (Å²) in [5, 5.41) is 3.20. The molecule has 0 radical (unpaired) electrons. The van der Waals surface area contributed by atoms with Gasteiger partial charge in [0.15, 0.2) is 0 Å². The van der Waals surface area contributed by atoms with Gasteiger partial charge >= 0.3 is 0 Å². The summed E-state index contributed by atoms with van der Waals surface area (Å²) in [5.74, 6) is 2.04. The molecule has 1 aromatic carbocycles. The number of methoxy groups -OCH3 is 1. The van der Waals surface area contributed by atoms with Gasteiger partial charge in [0.05, 0.1) is 7.11 Å². The summed E-state index contributed by atoms with van der Waals surface area (Å²) in [7, 11) is 1.67. The van der Waals surface area contributed by atoms with E-state index in [-0.39, 0.29) is 5.91 Å². The fourth-order valence-electron chi connectivity index (χ4n) is 3.16. The lowest BCUT2D eigenvalue weighted by molar-refractivity contribution is 0.0691. The zero-order valence-corrected chi connectivity index (χ0v) is 15.4. The van der Waals surface area contributed by atoms with Crippen LogP contribution in [-0.4, -0.2) is 47.5 Å². The van der Waals surface area contributed by atoms with Gasteiger partial charge in [0, 0.05) is 25.8 Å². The number of benzene rings is 1. The van der Waals surface area contributed by atoms with Crippen molar-refractivity contribution in [2.75, 3.05) is 32.1 Å². The molecule has 1 aliphatic heterocycles. The third-order valence-corrected chi connectivity index (χ3v) is 4.82. The van der Waals surface area contributed by atoms with E-state index in [1.165, 1.54) is 0 Å². The minimum Gasteiger partial charge on any atom is -0.496 e. The predicted molar refractivity (Wildman–Crippen MR) is 102 cm³/mol. The van der Waals surface area contributed by atoms with Gasteiger partial charge in [-0.25, -0.2) is 9.97 Å². The van der Waals surface area contributed by atoms with Crippen LogP contribution in [0, 0.1) is 5.92 Å². The lowest BCUT2D eigenvalue weighted by Crippen LogP contribution is -2.38. The minimum absolute atomic E-state index is 0.00733. The summed E-state index contributed by atoms with van der Waals surface area (Å²) in [6, 6.07) is 9.62. The van der Waals surface area contributed by atoms with Crippen molar-refractivity contribution in [3.8, 4) is 5.75 Å². The highest BCUT2D eigenvalue weighted by Crippen LogP contribution is 2.19. The third kappa shape index (κ3) is 4.50. The smallest absolute Gasteiger partial charge is 0.272 e. The molecule has 1 aromatic heterocycles. The molecule has 26 heavy (non-hydrogen) atoms. The summed E-state index contributed by atoms with van der Waals surface area (Å²) < 4.78 is 5.36. The van der Waals surface area contributed by atoms with Gasteiger partial charge in [-0.2, -0.15) is 0 Å². The average Bonchev–Trinajstić information content (AvgIpc) is 2.68. The number of aromatic nitrogens is 2. The summed E-state index contributed by atoms with van der Waals surface area (Å²) in [6.07, 6.45) is 4.54. The number of amides is 1. The van der Waals surface area contributed by atoms with Gasteiger partial charge in [-0.1, -0.05) is 25.1 Å². The van der Waals surface area contributed by atoms with E-state index in [1.807, 2.05) is 29.2 Å². The number of likely N-dealkylation sites (tertiary alicyclic amines) is 1. The Bertz CT molecular complexity index is 742. The van der Waals surface area contributed by atoms with Crippen molar-refractivity contribution in [3.63, 3.8) is 0 Å². The van der Waals surface area contributed by atoms with Crippen LogP contribution >= 0.6 is 0 Å². The Labute approximate surface area is 154 Å². The molecule has 0 bridgehead atoms. The van der Waals surface area contributed by atoms with Crippen molar-refractivity contribution in [2.24, 2.45) is 5.92 Å². The number of para-hydroxylation sites is 1. The number of nitrogens with one attached hydrogen (secondary N) is 1. The van der Waals surface area contributed by atoms with Crippen molar-refractivity contribution in [1.82, 2.24) is 14.9 Å². The Morgan fingerprint density at radius 3 is 2.81 bits per heavy atom. The van der Waals surface area contributed by atoms with Crippen LogP contribution < -0.4 is 10.1 Å². The number of nitrogens with zero attached hydrogens (tertiary/aromatic N) is 3. The summed E-state index contributed by atoms with van der Waals surface area (Å²) >= 11 is 0. The normalized spacial score (nSPS) is 14.9. The van der Waals surface area contributed by atoms with Gasteiger partial charge in [0.2, 0.25) is 5.95 Å². The Morgan fingerprint density at radius 2 is 2.04 bits per heavy atom. The van der Waals surface area contributed by atoms with E-state index in [2.05, 4.69) is 22.2 Å². The topological polar surface area (TPSA) is 67.3 Å². The third-order valence-electron chi connectivity index (χ3n) is 4.82. The van der Waals surface area contributed by atoms with Crippen LogP contribution in [0.5, 0.6) is 5.75 Å². The molecule has 0 unspecified atom stereocenters. The highest BCUT2D eigenvalue weighted by Gasteiger charge is 2.22. The van der Waals surface area contributed by atoms with E-state index in [1.54, 1.807) is 19.4 Å². The second-order valence-electron chi connectivity index (χ2n) is 6.73. The molecular formula is C20H26N4O2. The summed E-state index contributed by atoms with van der Waals surface area (Å²) in [6.45, 7) is 4.51. The highest BCUT2D eigenvalue weighted by molar-refractivity contribution is 5.92. The summed E-state index contributed by atoms with van der Waals surface area (Å²) in [5.41, 5.74) is 1.58. The molecule has 6 heteroatoms. The monoisotopic (exact) mass is 354 g/mol. The van der Waals surface area contributed by atoms with E-state index in [0.717, 1.165) is 43.7 Å². The van der Waals surface area contributed by atoms with E-state index < -0.39 is 0 Å². The Balaban J connectivity index is 1.58. The zero-order valence-electron chi connectivity index (χ0n) is 15.4. The lowest BCUT2D eigenvalue weighted by Gasteiger charge is -2.30. The van der Waals surface area contributed by atoms with Crippen LogP contribution in [0.1, 0.15) is 35.8 Å². The van der Waals surface area contributed by atoms with E-state index >= 15 is 0 Å². The predicted octanol–water partition coefficient (Wildman–Crippen LogP) is 3.01. The minimum atomic E-state index is -0.00733. The van der Waals surface area contributed by atoms with Gasteiger partial charge in [-0.15, -0.1) is 0 Å². The van der Waals surface area contributed by atoms with Crippen LogP contribution in [-0.2, 0) is 6.42 Å². The standard InChI is InChI=1S/C20H26N4O2/c1-15-9-13-24(14-10-15)19(25)17-8-12-22-20(23-17)21-11-7-16-5-3-4-6-18(16)26-2/h3-6,8,12,15H,7,9-11,13-14H2,1-2H3,(H,21,22,23). The van der Waals surface area contributed by atoms with Gasteiger partial charge in [-0.05, 0) is 42.9 Å². The van der Waals surface area contributed by atoms with Crippen LogP contribution in [0.2, 0.25) is 0 Å². The number of hydrogen-bond donors (Lipinski definition) is 1. The van der Waals surface area contributed by atoms with Crippen LogP contribution in [0.3, 0.4) is 0 Å². The molecule has 0 atom stereocenters. The number of rotatable bonds is 6. The molecule has 1 aliphatic rings. The molecule has 1 saturated heterocycles. The van der Waals surface area contributed by atoms with Gasteiger partial charge < -0.3 is 15.0 Å². The van der Waals surface area contributed by atoms with Crippen LogP contribution in [0.25, 0.3) is 0 Å². The number of piperidine rings is 1. The lowest BCUT2D eigenvalue weighted by atomic mass is 9.99. The number of carbonyl (C=O) groups excluding carboxylic acids is 1. The molecular weight excluding hydrogens is 328 g/mol. The molecule has 1 amide bonds. The molecule has 1 fully saturated rings. The molecule has 1 N–H and O–H groups in total. The van der Waals surface area contributed by atoms with E-state index in [0.29, 0.717) is 24.1 Å². The molecule has 0 spiro atoms. The first kappa shape index (κ1) is 18.2. The first-order chi connectivity index (χ1) is 12.7. The fourth-order valence-corrected chi connectivity index (χ4v) is 3.16. The molecule has 6 nitrogen and oxygen atoms in total. The maximum Gasteiger partial charge on any atom is 0.272 e. The largest absolute Gasteiger partial charge is 0.496 e. The molecule has 138 valence electrons. The van der Waals surface area contributed by atoms with Crippen molar-refractivity contribution in [1.29, 1.82) is 0 Å². The fraction of sp³-hybridized carbons (Fsp3) is 0.450. The second kappa shape index (κ2) is 8.65. The first-order valence-corrected chi connectivity index (χ1v) is 9.15. The van der Waals surface area contributed by atoms with Gasteiger partial charge in [-0.3, -0.25) is 4.79 Å². The number of carbonyl (C=O) groups is 1. The first-order valence-electron chi connectivity index (χ1n) is 9.15. The van der Waals surface area contributed by atoms with E-state index in [4.69, 9.17) is 4.74 Å². The van der Waals surface area contributed by atoms with Crippen molar-refractivity contribution in [3.05, 3.63) is 47.8 Å². The Kier molecular flexibility index (Phi) is 6.04. The molecule has 0 aliphatic carbocycles. The van der Waals surface area contributed by atoms with Crippen molar-refractivity contribution in [2.45, 2.75) is 26.2 Å². The van der Waals surface area contributed by atoms with Gasteiger partial charge in [0.1, 0.15) is 11.4 Å². The maximum atomic E-state index is 12.6. The van der Waals surface area contributed by atoms with Gasteiger partial charge in [0.25, 0.3) is 5.91 Å². The summed E-state index contributed by atoms with van der Waals surface area (Å²) in [4.78, 5) is 23.1. The number of anilines is 1. The Hall–Kier alpha value is -2.63. The van der Waals surface area contributed by atoms with Crippen molar-refractivity contribution < 1.29 is 9.53 Å². The number of ether oxygens (including phenoxy) is 1. The molecule has 3 rings (SSSR count). The molecule has 2 heterocycles. The van der Waals surface area contributed by atoms with E-state index in [9.17, 15) is 4.79 Å².